The Bertz CT molecular complexity index is 315. The maximum Gasteiger partial charge on any atom is 0.191 e. The van der Waals surface area contributed by atoms with E-state index in [2.05, 4.69) is 46.7 Å². The van der Waals surface area contributed by atoms with Gasteiger partial charge in [0.15, 0.2) is 8.32 Å². The van der Waals surface area contributed by atoms with E-state index in [1.165, 1.54) is 0 Å². The topological polar surface area (TPSA) is 27.7 Å². The number of methoxy groups -OCH3 is 1. The average Bonchev–Trinajstić information content (AvgIpc) is 2.35. The summed E-state index contributed by atoms with van der Waals surface area (Å²) in [6, 6.07) is 0. The van der Waals surface area contributed by atoms with E-state index < -0.39 is 8.32 Å². The fourth-order valence-corrected chi connectivity index (χ4v) is 2.81. The van der Waals surface area contributed by atoms with Crippen molar-refractivity contribution in [2.24, 2.45) is 11.8 Å². The molecule has 0 aliphatic carbocycles. The van der Waals surface area contributed by atoms with Crippen LogP contribution in [0.3, 0.4) is 0 Å². The van der Waals surface area contributed by atoms with E-state index in [0.29, 0.717) is 6.61 Å². The lowest BCUT2D eigenvalue weighted by atomic mass is 9.94. The molecule has 0 rings (SSSR count). The van der Waals surface area contributed by atoms with E-state index in [1.807, 2.05) is 6.92 Å². The number of ether oxygens (including phenoxy) is 2. The molecule has 0 aliphatic heterocycles. The first-order chi connectivity index (χ1) is 9.06. The predicted molar refractivity (Wildman–Crippen MR) is 87.1 cm³/mol. The van der Waals surface area contributed by atoms with Crippen LogP contribution in [0, 0.1) is 24.2 Å². The van der Waals surface area contributed by atoms with Gasteiger partial charge in [0.05, 0.1) is 6.10 Å². The van der Waals surface area contributed by atoms with Gasteiger partial charge in [0.25, 0.3) is 0 Å². The first kappa shape index (κ1) is 19.7. The van der Waals surface area contributed by atoms with Crippen molar-refractivity contribution in [1.29, 1.82) is 0 Å². The summed E-state index contributed by atoms with van der Waals surface area (Å²) in [7, 11) is -0.109. The van der Waals surface area contributed by atoms with Crippen LogP contribution in [0.2, 0.25) is 18.1 Å². The van der Waals surface area contributed by atoms with Gasteiger partial charge in [-0.25, -0.2) is 0 Å². The van der Waals surface area contributed by atoms with Crippen LogP contribution < -0.4 is 0 Å². The second-order valence-electron chi connectivity index (χ2n) is 7.04. The Balaban J connectivity index is 4.62. The molecule has 0 aromatic rings. The standard InChI is InChI=1S/C16H32O3Si/c1-10-13(2)15(18-12-17-7)14(3)11-19-20(8,9)16(4,5)6/h1,13-15H,11-12H2,2-9H3/t13-,14-,15-/m1/s1. The van der Waals surface area contributed by atoms with Crippen LogP contribution in [0.15, 0.2) is 0 Å². The Morgan fingerprint density at radius 1 is 1.20 bits per heavy atom. The molecule has 3 atom stereocenters. The highest BCUT2D eigenvalue weighted by Crippen LogP contribution is 2.37. The van der Waals surface area contributed by atoms with Crippen LogP contribution >= 0.6 is 0 Å². The SMILES string of the molecule is C#C[C@@H](C)[C@@H](OCOC)[C@H](C)CO[Si](C)(C)C(C)(C)C. The summed E-state index contributed by atoms with van der Waals surface area (Å²) in [4.78, 5) is 0. The number of hydrogen-bond acceptors (Lipinski definition) is 3. The van der Waals surface area contributed by atoms with Gasteiger partial charge >= 0.3 is 0 Å². The zero-order valence-electron chi connectivity index (χ0n) is 14.4. The Morgan fingerprint density at radius 3 is 2.15 bits per heavy atom. The molecule has 3 nitrogen and oxygen atoms in total. The summed E-state index contributed by atoms with van der Waals surface area (Å²) in [5.74, 6) is 3.04. The van der Waals surface area contributed by atoms with Crippen molar-refractivity contribution in [3.05, 3.63) is 0 Å². The largest absolute Gasteiger partial charge is 0.416 e. The molecule has 0 radical (unpaired) electrons. The molecule has 0 spiro atoms. The second-order valence-corrected chi connectivity index (χ2v) is 11.9. The molecule has 118 valence electrons. The van der Waals surface area contributed by atoms with Crippen LogP contribution in [0.4, 0.5) is 0 Å². The zero-order valence-corrected chi connectivity index (χ0v) is 15.4. The third-order valence-corrected chi connectivity index (χ3v) is 8.71. The summed E-state index contributed by atoms with van der Waals surface area (Å²) in [5, 5.41) is 0.216. The minimum Gasteiger partial charge on any atom is -0.416 e. The van der Waals surface area contributed by atoms with Gasteiger partial charge in [-0.15, -0.1) is 12.3 Å². The van der Waals surface area contributed by atoms with Crippen molar-refractivity contribution in [1.82, 2.24) is 0 Å². The van der Waals surface area contributed by atoms with Gasteiger partial charge in [0.2, 0.25) is 0 Å². The monoisotopic (exact) mass is 300 g/mol. The summed E-state index contributed by atoms with van der Waals surface area (Å²) < 4.78 is 17.0. The molecule has 0 saturated carbocycles. The smallest absolute Gasteiger partial charge is 0.191 e. The summed E-state index contributed by atoms with van der Waals surface area (Å²) in [6.07, 6.45) is 5.49. The minimum atomic E-state index is -1.73. The van der Waals surface area contributed by atoms with Gasteiger partial charge in [-0.1, -0.05) is 27.7 Å². The molecule has 0 bridgehead atoms. The van der Waals surface area contributed by atoms with Gasteiger partial charge in [0.1, 0.15) is 6.79 Å². The van der Waals surface area contributed by atoms with Crippen molar-refractivity contribution in [2.45, 2.75) is 58.9 Å². The van der Waals surface area contributed by atoms with Gasteiger partial charge in [-0.2, -0.15) is 0 Å². The zero-order chi connectivity index (χ0) is 16.0. The van der Waals surface area contributed by atoms with Gasteiger partial charge in [-0.3, -0.25) is 0 Å². The lowest BCUT2D eigenvalue weighted by molar-refractivity contribution is -0.105. The average molecular weight is 301 g/mol. The Labute approximate surface area is 126 Å². The van der Waals surface area contributed by atoms with Gasteiger partial charge < -0.3 is 13.9 Å². The molecule has 0 aliphatic rings. The van der Waals surface area contributed by atoms with Crippen LogP contribution in [-0.4, -0.2) is 34.9 Å². The van der Waals surface area contributed by atoms with Gasteiger partial charge in [-0.05, 0) is 25.1 Å². The molecule has 20 heavy (non-hydrogen) atoms. The normalized spacial score (nSPS) is 17.4. The first-order valence-corrected chi connectivity index (χ1v) is 10.2. The van der Waals surface area contributed by atoms with Crippen molar-refractivity contribution in [2.75, 3.05) is 20.5 Å². The van der Waals surface area contributed by atoms with E-state index in [9.17, 15) is 0 Å². The van der Waals surface area contributed by atoms with Crippen molar-refractivity contribution in [3.63, 3.8) is 0 Å². The van der Waals surface area contributed by atoms with E-state index in [0.717, 1.165) is 0 Å². The van der Waals surface area contributed by atoms with Crippen molar-refractivity contribution in [3.8, 4) is 12.3 Å². The number of hydrogen-bond donors (Lipinski definition) is 0. The molecule has 4 heteroatoms. The lowest BCUT2D eigenvalue weighted by Gasteiger charge is -2.38. The molecule has 0 N–H and O–H groups in total. The van der Waals surface area contributed by atoms with Crippen LogP contribution in [-0.2, 0) is 13.9 Å². The molecule has 0 fully saturated rings. The maximum atomic E-state index is 6.26. The Kier molecular flexibility index (Phi) is 8.05. The van der Waals surface area contributed by atoms with Crippen LogP contribution in [0.1, 0.15) is 34.6 Å². The highest BCUT2D eigenvalue weighted by molar-refractivity contribution is 6.74. The fraction of sp³-hybridized carbons (Fsp3) is 0.875. The lowest BCUT2D eigenvalue weighted by Crippen LogP contribution is -2.43. The minimum absolute atomic E-state index is 0.0373. The summed E-state index contributed by atoms with van der Waals surface area (Å²) in [5.41, 5.74) is 0. The Morgan fingerprint density at radius 2 is 1.75 bits per heavy atom. The highest BCUT2D eigenvalue weighted by atomic mass is 28.4. The molecule has 0 saturated heterocycles. The van der Waals surface area contributed by atoms with E-state index in [4.69, 9.17) is 20.3 Å². The third-order valence-electron chi connectivity index (χ3n) is 4.21. The fourth-order valence-electron chi connectivity index (χ4n) is 1.69. The van der Waals surface area contributed by atoms with Crippen LogP contribution in [0.5, 0.6) is 0 Å². The van der Waals surface area contributed by atoms with Gasteiger partial charge in [0, 0.05) is 25.6 Å². The van der Waals surface area contributed by atoms with Crippen molar-refractivity contribution >= 4 is 8.32 Å². The summed E-state index contributed by atoms with van der Waals surface area (Å²) in [6.45, 7) is 16.3. The quantitative estimate of drug-likeness (QED) is 0.386. The predicted octanol–water partition coefficient (Wildman–Crippen LogP) is 3.90. The second kappa shape index (κ2) is 8.19. The number of rotatable bonds is 8. The summed E-state index contributed by atoms with van der Waals surface area (Å²) >= 11 is 0. The molecule has 0 heterocycles. The Hall–Kier alpha value is -0.343. The molecular formula is C16H32O3Si. The van der Waals surface area contributed by atoms with E-state index in [1.54, 1.807) is 7.11 Å². The third kappa shape index (κ3) is 5.97. The molecule has 0 amide bonds. The highest BCUT2D eigenvalue weighted by Gasteiger charge is 2.38. The van der Waals surface area contributed by atoms with Crippen LogP contribution in [0.25, 0.3) is 0 Å². The van der Waals surface area contributed by atoms with Crippen molar-refractivity contribution < 1.29 is 13.9 Å². The first-order valence-electron chi connectivity index (χ1n) is 7.27. The molecular weight excluding hydrogens is 268 g/mol. The van der Waals surface area contributed by atoms with E-state index >= 15 is 0 Å². The van der Waals surface area contributed by atoms with E-state index in [-0.39, 0.29) is 29.8 Å². The number of terminal acetylenes is 1. The molecule has 0 unspecified atom stereocenters. The molecule has 0 aromatic carbocycles. The molecule has 0 aromatic heterocycles. The maximum absolute atomic E-state index is 6.26.